The molecule has 0 saturated heterocycles. The zero-order valence-electron chi connectivity index (χ0n) is 10.9. The van der Waals surface area contributed by atoms with Gasteiger partial charge < -0.3 is 0 Å². The molecular formula is C14H14N2O3S. The normalized spacial score (nSPS) is 11.9. The molecule has 0 heterocycles. The van der Waals surface area contributed by atoms with Crippen molar-refractivity contribution in [3.05, 3.63) is 54.1 Å². The first-order chi connectivity index (χ1) is 9.49. The van der Waals surface area contributed by atoms with E-state index in [9.17, 15) is 8.42 Å². The molecule has 0 unspecified atom stereocenters. The first-order valence-electron chi connectivity index (χ1n) is 6.07. The summed E-state index contributed by atoms with van der Waals surface area (Å²) >= 11 is 0. The van der Waals surface area contributed by atoms with Crippen molar-refractivity contribution in [2.45, 2.75) is 18.2 Å². The van der Waals surface area contributed by atoms with Gasteiger partial charge in [0.1, 0.15) is 0 Å². The van der Waals surface area contributed by atoms with Crippen molar-refractivity contribution in [2.24, 2.45) is 10.2 Å². The van der Waals surface area contributed by atoms with E-state index in [4.69, 9.17) is 4.55 Å². The lowest BCUT2D eigenvalue weighted by Gasteiger charge is -1.98. The molecule has 0 aromatic heterocycles. The molecule has 104 valence electrons. The number of hydrogen-bond donors (Lipinski definition) is 1. The minimum Gasteiger partial charge on any atom is -0.282 e. The van der Waals surface area contributed by atoms with E-state index in [0.717, 1.165) is 12.1 Å². The molecule has 2 rings (SSSR count). The van der Waals surface area contributed by atoms with E-state index >= 15 is 0 Å². The fourth-order valence-corrected chi connectivity index (χ4v) is 2.08. The Kier molecular flexibility index (Phi) is 4.26. The van der Waals surface area contributed by atoms with Gasteiger partial charge in [0.15, 0.2) is 0 Å². The van der Waals surface area contributed by atoms with Gasteiger partial charge in [-0.3, -0.25) is 4.55 Å². The predicted molar refractivity (Wildman–Crippen MR) is 76.3 cm³/mol. The Balaban J connectivity index is 2.14. The van der Waals surface area contributed by atoms with E-state index in [1.54, 1.807) is 0 Å². The number of aryl methyl sites for hydroxylation is 1. The van der Waals surface area contributed by atoms with E-state index in [0.29, 0.717) is 5.69 Å². The predicted octanol–water partition coefficient (Wildman–Crippen LogP) is 3.91. The summed E-state index contributed by atoms with van der Waals surface area (Å²) in [5.41, 5.74) is 2.46. The molecule has 5 nitrogen and oxygen atoms in total. The fraction of sp³-hybridized carbons (Fsp3) is 0.143. The molecule has 20 heavy (non-hydrogen) atoms. The van der Waals surface area contributed by atoms with Crippen LogP contribution < -0.4 is 0 Å². The lowest BCUT2D eigenvalue weighted by atomic mass is 10.2. The quantitative estimate of drug-likeness (QED) is 0.684. The zero-order chi connectivity index (χ0) is 14.6. The van der Waals surface area contributed by atoms with Crippen molar-refractivity contribution in [2.75, 3.05) is 0 Å². The second-order valence-electron chi connectivity index (χ2n) is 4.19. The molecule has 0 aliphatic carbocycles. The molecule has 6 heteroatoms. The SMILES string of the molecule is CCc1ccc(N=Nc2ccc(S(=O)(=O)O)cc2)cc1. The van der Waals surface area contributed by atoms with Gasteiger partial charge in [0.05, 0.1) is 16.3 Å². The maximum absolute atomic E-state index is 10.9. The van der Waals surface area contributed by atoms with E-state index in [2.05, 4.69) is 17.2 Å². The molecule has 0 fully saturated rings. The average molecular weight is 290 g/mol. The summed E-state index contributed by atoms with van der Waals surface area (Å²) in [6, 6.07) is 13.2. The molecule has 0 spiro atoms. The van der Waals surface area contributed by atoms with Crippen LogP contribution in [0.3, 0.4) is 0 Å². The van der Waals surface area contributed by atoms with Crippen molar-refractivity contribution in [1.82, 2.24) is 0 Å². The molecule has 0 atom stereocenters. The average Bonchev–Trinajstić information content (AvgIpc) is 2.45. The van der Waals surface area contributed by atoms with Crippen LogP contribution in [0.4, 0.5) is 11.4 Å². The Morgan fingerprint density at radius 1 is 0.900 bits per heavy atom. The highest BCUT2D eigenvalue weighted by molar-refractivity contribution is 7.85. The third kappa shape index (κ3) is 3.72. The van der Waals surface area contributed by atoms with E-state index in [-0.39, 0.29) is 4.90 Å². The summed E-state index contributed by atoms with van der Waals surface area (Å²) in [6.45, 7) is 2.08. The minimum atomic E-state index is -4.17. The molecular weight excluding hydrogens is 276 g/mol. The first kappa shape index (κ1) is 14.4. The standard InChI is InChI=1S/C14H14N2O3S/c1-2-11-3-5-12(6-4-11)15-16-13-7-9-14(10-8-13)20(17,18)19/h3-10H,2H2,1H3,(H,17,18,19). The van der Waals surface area contributed by atoms with Crippen LogP contribution >= 0.6 is 0 Å². The van der Waals surface area contributed by atoms with E-state index in [1.807, 2.05) is 24.3 Å². The maximum Gasteiger partial charge on any atom is 0.294 e. The van der Waals surface area contributed by atoms with Crippen LogP contribution in [0.25, 0.3) is 0 Å². The summed E-state index contributed by atoms with van der Waals surface area (Å²) in [5.74, 6) is 0. The van der Waals surface area contributed by atoms with Crippen molar-refractivity contribution in [1.29, 1.82) is 0 Å². The van der Waals surface area contributed by atoms with Crippen molar-refractivity contribution in [3.8, 4) is 0 Å². The van der Waals surface area contributed by atoms with Gasteiger partial charge >= 0.3 is 0 Å². The summed E-state index contributed by atoms with van der Waals surface area (Å²) < 4.78 is 30.6. The highest BCUT2D eigenvalue weighted by atomic mass is 32.2. The van der Waals surface area contributed by atoms with Crippen LogP contribution in [0.2, 0.25) is 0 Å². The number of rotatable bonds is 4. The van der Waals surface area contributed by atoms with Gasteiger partial charge in [-0.2, -0.15) is 18.6 Å². The molecule has 1 N–H and O–H groups in total. The Morgan fingerprint density at radius 3 is 1.75 bits per heavy atom. The third-order valence-corrected chi connectivity index (χ3v) is 3.63. The number of nitrogens with zero attached hydrogens (tertiary/aromatic N) is 2. The Hall–Kier alpha value is -2.05. The van der Waals surface area contributed by atoms with E-state index < -0.39 is 10.1 Å². The molecule has 2 aromatic rings. The Bertz CT molecular complexity index is 705. The zero-order valence-corrected chi connectivity index (χ0v) is 11.7. The molecule has 0 bridgehead atoms. The molecule has 0 aliphatic heterocycles. The van der Waals surface area contributed by atoms with Crippen LogP contribution in [0.15, 0.2) is 63.7 Å². The number of azo groups is 1. The van der Waals surface area contributed by atoms with Crippen LogP contribution in [-0.2, 0) is 16.5 Å². The monoisotopic (exact) mass is 290 g/mol. The van der Waals surface area contributed by atoms with Crippen LogP contribution in [0.1, 0.15) is 12.5 Å². The largest absolute Gasteiger partial charge is 0.294 e. The van der Waals surface area contributed by atoms with Gasteiger partial charge in [0, 0.05) is 0 Å². The lowest BCUT2D eigenvalue weighted by molar-refractivity contribution is 0.483. The minimum absolute atomic E-state index is 0.163. The molecule has 0 saturated carbocycles. The van der Waals surface area contributed by atoms with Crippen molar-refractivity contribution < 1.29 is 13.0 Å². The number of hydrogen-bond acceptors (Lipinski definition) is 4. The summed E-state index contributed by atoms with van der Waals surface area (Å²) in [5, 5.41) is 8.06. The van der Waals surface area contributed by atoms with Gasteiger partial charge in [0.25, 0.3) is 10.1 Å². The molecule has 2 aromatic carbocycles. The highest BCUT2D eigenvalue weighted by Crippen LogP contribution is 2.20. The smallest absolute Gasteiger partial charge is 0.282 e. The Labute approximate surface area is 117 Å². The van der Waals surface area contributed by atoms with Gasteiger partial charge in [-0.1, -0.05) is 19.1 Å². The number of benzene rings is 2. The second-order valence-corrected chi connectivity index (χ2v) is 5.61. The van der Waals surface area contributed by atoms with Crippen LogP contribution in [0, 0.1) is 0 Å². The van der Waals surface area contributed by atoms with Crippen LogP contribution in [-0.4, -0.2) is 13.0 Å². The van der Waals surface area contributed by atoms with Crippen LogP contribution in [0.5, 0.6) is 0 Å². The second kappa shape index (κ2) is 5.94. The van der Waals surface area contributed by atoms with Crippen molar-refractivity contribution in [3.63, 3.8) is 0 Å². The molecule has 0 radical (unpaired) electrons. The topological polar surface area (TPSA) is 79.1 Å². The summed E-state index contributed by atoms with van der Waals surface area (Å²) in [4.78, 5) is -0.163. The molecule has 0 amide bonds. The van der Waals surface area contributed by atoms with Gasteiger partial charge in [-0.25, -0.2) is 0 Å². The van der Waals surface area contributed by atoms with Gasteiger partial charge in [-0.15, -0.1) is 0 Å². The van der Waals surface area contributed by atoms with Gasteiger partial charge in [0.2, 0.25) is 0 Å². The summed E-state index contributed by atoms with van der Waals surface area (Å²) in [7, 11) is -4.17. The fourth-order valence-electron chi connectivity index (χ4n) is 1.60. The molecule has 0 aliphatic rings. The third-order valence-electron chi connectivity index (χ3n) is 2.76. The first-order valence-corrected chi connectivity index (χ1v) is 7.51. The summed E-state index contributed by atoms with van der Waals surface area (Å²) in [6.07, 6.45) is 0.967. The highest BCUT2D eigenvalue weighted by Gasteiger charge is 2.07. The Morgan fingerprint density at radius 2 is 1.35 bits per heavy atom. The van der Waals surface area contributed by atoms with Crippen molar-refractivity contribution >= 4 is 21.5 Å². The van der Waals surface area contributed by atoms with Gasteiger partial charge in [-0.05, 0) is 48.4 Å². The maximum atomic E-state index is 10.9. The lowest BCUT2D eigenvalue weighted by Crippen LogP contribution is -1.96. The van der Waals surface area contributed by atoms with E-state index in [1.165, 1.54) is 29.8 Å².